The van der Waals surface area contributed by atoms with Crippen molar-refractivity contribution in [2.45, 2.75) is 62.9 Å². The molecule has 1 unspecified atom stereocenters. The van der Waals surface area contributed by atoms with Gasteiger partial charge in [-0.15, -0.1) is 11.3 Å². The molecule has 3 saturated heterocycles. The first kappa shape index (κ1) is 13.0. The van der Waals surface area contributed by atoms with Gasteiger partial charge in [0.05, 0.1) is 11.2 Å². The summed E-state index contributed by atoms with van der Waals surface area (Å²) in [5, 5.41) is 5.51. The molecule has 21 heavy (non-hydrogen) atoms. The first-order valence-corrected chi connectivity index (χ1v) is 9.64. The number of rotatable bonds is 3. The molecule has 1 aromatic rings. The van der Waals surface area contributed by atoms with Crippen molar-refractivity contribution in [1.29, 1.82) is 0 Å². The molecule has 5 aliphatic rings. The summed E-state index contributed by atoms with van der Waals surface area (Å²) < 4.78 is 0. The Morgan fingerprint density at radius 2 is 1.90 bits per heavy atom. The molecule has 6 rings (SSSR count). The summed E-state index contributed by atoms with van der Waals surface area (Å²) in [6.45, 7) is 3.83. The highest BCUT2D eigenvalue weighted by molar-refractivity contribution is 7.11. The molecule has 4 fully saturated rings. The quantitative estimate of drug-likeness (QED) is 0.930. The Kier molecular flexibility index (Phi) is 2.96. The number of aromatic nitrogens is 1. The molecule has 3 nitrogen and oxygen atoms in total. The van der Waals surface area contributed by atoms with E-state index in [0.717, 1.165) is 12.0 Å². The number of aryl methyl sites for hydroxylation is 2. The molecule has 0 radical (unpaired) electrons. The zero-order valence-electron chi connectivity index (χ0n) is 12.7. The third-order valence-corrected chi connectivity index (χ3v) is 7.36. The Balaban J connectivity index is 1.55. The molecule has 0 spiro atoms. The predicted molar refractivity (Wildman–Crippen MR) is 85.8 cm³/mol. The highest BCUT2D eigenvalue weighted by atomic mass is 32.1. The van der Waals surface area contributed by atoms with Crippen LogP contribution in [0.3, 0.4) is 0 Å². The van der Waals surface area contributed by atoms with E-state index >= 15 is 0 Å². The maximum atomic E-state index is 5.18. The Bertz CT molecular complexity index is 515. The van der Waals surface area contributed by atoms with Crippen LogP contribution in [-0.2, 0) is 18.4 Å². The zero-order valence-corrected chi connectivity index (χ0v) is 13.6. The lowest BCUT2D eigenvalue weighted by Gasteiger charge is -2.53. The van der Waals surface area contributed by atoms with Crippen LogP contribution in [0.4, 0.5) is 0 Å². The maximum absolute atomic E-state index is 5.18. The summed E-state index contributed by atoms with van der Waals surface area (Å²) in [5.41, 5.74) is 1.63. The molecule has 2 aliphatic carbocycles. The van der Waals surface area contributed by atoms with Gasteiger partial charge >= 0.3 is 0 Å². The molecule has 0 aromatic carbocycles. The van der Waals surface area contributed by atoms with Gasteiger partial charge in [0, 0.05) is 17.5 Å². The van der Waals surface area contributed by atoms with Crippen molar-refractivity contribution in [2.75, 3.05) is 19.6 Å². The molecule has 2 bridgehead atoms. The van der Waals surface area contributed by atoms with Crippen LogP contribution in [0.25, 0.3) is 0 Å². The smallest absolute Gasteiger partial charge is 0.115 e. The fourth-order valence-corrected chi connectivity index (χ4v) is 6.04. The number of nitrogens with one attached hydrogen (secondary N) is 1. The molecule has 1 aromatic heterocycles. The molecule has 1 atom stereocenters. The Morgan fingerprint density at radius 1 is 1.10 bits per heavy atom. The number of hydrogen-bond acceptors (Lipinski definition) is 4. The summed E-state index contributed by atoms with van der Waals surface area (Å²) in [6.07, 6.45) is 10.7. The van der Waals surface area contributed by atoms with Crippen LogP contribution in [0.1, 0.15) is 54.1 Å². The minimum atomic E-state index is 0.194. The zero-order chi connectivity index (χ0) is 13.9. The standard InChI is InChI=1S/C17H25N3S/c1-2-4-15-14(3-1)18-16(21-15)17(19-13-5-6-13)11-20-9-7-12(17)8-10-20/h12-13,19H,1-11H2. The second kappa shape index (κ2) is 4.77. The molecule has 3 aliphatic heterocycles. The van der Waals surface area contributed by atoms with Crippen molar-refractivity contribution >= 4 is 11.3 Å². The monoisotopic (exact) mass is 303 g/mol. The molecular weight excluding hydrogens is 278 g/mol. The van der Waals surface area contributed by atoms with Crippen LogP contribution in [0.5, 0.6) is 0 Å². The van der Waals surface area contributed by atoms with Gasteiger partial charge < -0.3 is 10.2 Å². The third kappa shape index (κ3) is 2.10. The van der Waals surface area contributed by atoms with Gasteiger partial charge in [-0.3, -0.25) is 0 Å². The second-order valence-corrected chi connectivity index (χ2v) is 8.62. The summed E-state index contributed by atoms with van der Waals surface area (Å²) in [5.74, 6) is 0.815. The van der Waals surface area contributed by atoms with Crippen molar-refractivity contribution in [3.63, 3.8) is 0 Å². The molecule has 1 saturated carbocycles. The normalized spacial score (nSPS) is 38.5. The number of nitrogens with zero attached hydrogens (tertiary/aromatic N) is 2. The minimum Gasteiger partial charge on any atom is -0.301 e. The van der Waals surface area contributed by atoms with E-state index in [1.165, 1.54) is 81.7 Å². The average molecular weight is 303 g/mol. The van der Waals surface area contributed by atoms with E-state index in [0.29, 0.717) is 0 Å². The highest BCUT2D eigenvalue weighted by Crippen LogP contribution is 2.46. The first-order chi connectivity index (χ1) is 10.3. The van der Waals surface area contributed by atoms with Crippen LogP contribution >= 0.6 is 11.3 Å². The van der Waals surface area contributed by atoms with E-state index in [9.17, 15) is 0 Å². The van der Waals surface area contributed by atoms with Crippen molar-refractivity contribution in [2.24, 2.45) is 5.92 Å². The summed E-state index contributed by atoms with van der Waals surface area (Å²) in [6, 6.07) is 0.770. The van der Waals surface area contributed by atoms with Gasteiger partial charge in [-0.2, -0.15) is 0 Å². The van der Waals surface area contributed by atoms with E-state index in [4.69, 9.17) is 4.98 Å². The Hall–Kier alpha value is -0.450. The first-order valence-electron chi connectivity index (χ1n) is 8.83. The van der Waals surface area contributed by atoms with Gasteiger partial charge in [-0.25, -0.2) is 4.98 Å². The maximum Gasteiger partial charge on any atom is 0.115 e. The number of hydrogen-bond donors (Lipinski definition) is 1. The van der Waals surface area contributed by atoms with Gasteiger partial charge in [0.1, 0.15) is 5.01 Å². The molecular formula is C17H25N3S. The number of piperidine rings is 3. The molecule has 114 valence electrons. The number of fused-ring (bicyclic) bond motifs is 4. The molecule has 1 N–H and O–H groups in total. The third-order valence-electron chi connectivity index (χ3n) is 6.02. The fraction of sp³-hybridized carbons (Fsp3) is 0.824. The molecule has 0 amide bonds. The van der Waals surface area contributed by atoms with Crippen molar-refractivity contribution in [3.8, 4) is 0 Å². The molecule has 4 heterocycles. The van der Waals surface area contributed by atoms with Crippen LogP contribution < -0.4 is 5.32 Å². The fourth-order valence-electron chi connectivity index (χ4n) is 4.67. The van der Waals surface area contributed by atoms with Gasteiger partial charge in [-0.1, -0.05) is 0 Å². The minimum absolute atomic E-state index is 0.194. The van der Waals surface area contributed by atoms with E-state index in [2.05, 4.69) is 10.2 Å². The van der Waals surface area contributed by atoms with Gasteiger partial charge in [0.15, 0.2) is 0 Å². The lowest BCUT2D eigenvalue weighted by Crippen LogP contribution is -2.64. The van der Waals surface area contributed by atoms with Gasteiger partial charge in [-0.05, 0) is 70.4 Å². The lowest BCUT2D eigenvalue weighted by atomic mass is 9.73. The van der Waals surface area contributed by atoms with Crippen LogP contribution in [0.15, 0.2) is 0 Å². The van der Waals surface area contributed by atoms with Crippen molar-refractivity contribution < 1.29 is 0 Å². The highest BCUT2D eigenvalue weighted by Gasteiger charge is 2.51. The van der Waals surface area contributed by atoms with E-state index < -0.39 is 0 Å². The Morgan fingerprint density at radius 3 is 2.57 bits per heavy atom. The summed E-state index contributed by atoms with van der Waals surface area (Å²) >= 11 is 2.05. The predicted octanol–water partition coefficient (Wildman–Crippen LogP) is 2.69. The summed E-state index contributed by atoms with van der Waals surface area (Å²) in [4.78, 5) is 9.45. The topological polar surface area (TPSA) is 28.2 Å². The largest absolute Gasteiger partial charge is 0.301 e. The van der Waals surface area contributed by atoms with E-state index in [-0.39, 0.29) is 5.54 Å². The van der Waals surface area contributed by atoms with Gasteiger partial charge in [0.25, 0.3) is 0 Å². The lowest BCUT2D eigenvalue weighted by molar-refractivity contribution is 0.00170. The van der Waals surface area contributed by atoms with Crippen LogP contribution in [0, 0.1) is 5.92 Å². The van der Waals surface area contributed by atoms with E-state index in [1.807, 2.05) is 11.3 Å². The summed E-state index contributed by atoms with van der Waals surface area (Å²) in [7, 11) is 0. The Labute approximate surface area is 131 Å². The SMILES string of the molecule is C1CCc2sc(C3(NC4CC4)CN4CCC3CC4)nc2C1. The number of thiazole rings is 1. The second-order valence-electron chi connectivity index (χ2n) is 7.54. The van der Waals surface area contributed by atoms with E-state index in [1.54, 1.807) is 4.88 Å². The van der Waals surface area contributed by atoms with Gasteiger partial charge in [0.2, 0.25) is 0 Å². The van der Waals surface area contributed by atoms with Crippen molar-refractivity contribution in [1.82, 2.24) is 15.2 Å². The van der Waals surface area contributed by atoms with Crippen molar-refractivity contribution in [3.05, 3.63) is 15.6 Å². The van der Waals surface area contributed by atoms with Crippen LogP contribution in [0.2, 0.25) is 0 Å². The average Bonchev–Trinajstić information content (AvgIpc) is 3.22. The molecule has 4 heteroatoms. The van der Waals surface area contributed by atoms with Crippen LogP contribution in [-0.4, -0.2) is 35.6 Å².